The number of amides is 3. The molecule has 8 nitrogen and oxygen atoms in total. The van der Waals surface area contributed by atoms with E-state index in [1.807, 2.05) is 0 Å². The van der Waals surface area contributed by atoms with Gasteiger partial charge < -0.3 is 21.5 Å². The van der Waals surface area contributed by atoms with Crippen molar-refractivity contribution in [1.29, 1.82) is 0 Å². The van der Waals surface area contributed by atoms with Crippen LogP contribution >= 0.6 is 0 Å². The molecule has 0 bridgehead atoms. The Bertz CT molecular complexity index is 427. The van der Waals surface area contributed by atoms with Crippen LogP contribution in [0.4, 0.5) is 0 Å². The van der Waals surface area contributed by atoms with Crippen molar-refractivity contribution in [2.75, 3.05) is 13.1 Å². The average molecular weight is 299 g/mol. The summed E-state index contributed by atoms with van der Waals surface area (Å²) >= 11 is 0. The third-order valence-electron chi connectivity index (χ3n) is 3.76. The van der Waals surface area contributed by atoms with E-state index < -0.39 is 42.2 Å². The lowest BCUT2D eigenvalue weighted by Gasteiger charge is -2.29. The van der Waals surface area contributed by atoms with E-state index in [1.165, 1.54) is 0 Å². The number of aliphatic carboxylic acids is 1. The van der Waals surface area contributed by atoms with Gasteiger partial charge in [0.15, 0.2) is 0 Å². The molecule has 1 fully saturated rings. The number of nitrogens with two attached hydrogens (primary N) is 2. The summed E-state index contributed by atoms with van der Waals surface area (Å²) in [5, 5.41) is 9.01. The van der Waals surface area contributed by atoms with E-state index in [2.05, 4.69) is 0 Å². The molecule has 1 rings (SSSR count). The number of hydrogen-bond donors (Lipinski definition) is 3. The van der Waals surface area contributed by atoms with E-state index in [-0.39, 0.29) is 12.8 Å². The van der Waals surface area contributed by atoms with Gasteiger partial charge in [-0.25, -0.2) is 0 Å². The Morgan fingerprint density at radius 3 is 1.81 bits per heavy atom. The fourth-order valence-corrected chi connectivity index (χ4v) is 2.90. The second-order valence-corrected chi connectivity index (χ2v) is 5.64. The molecular weight excluding hydrogens is 278 g/mol. The molecule has 0 spiro atoms. The van der Waals surface area contributed by atoms with Crippen LogP contribution in [0.2, 0.25) is 0 Å². The van der Waals surface area contributed by atoms with Crippen molar-refractivity contribution in [1.82, 2.24) is 4.90 Å². The van der Waals surface area contributed by atoms with Gasteiger partial charge >= 0.3 is 5.97 Å². The minimum absolute atomic E-state index is 0.0140. The minimum atomic E-state index is -0.957. The monoisotopic (exact) mass is 299 g/mol. The first-order valence-corrected chi connectivity index (χ1v) is 6.80. The van der Waals surface area contributed by atoms with Crippen molar-refractivity contribution in [3.05, 3.63) is 0 Å². The van der Waals surface area contributed by atoms with E-state index in [1.54, 1.807) is 0 Å². The molecule has 1 aliphatic carbocycles. The van der Waals surface area contributed by atoms with Gasteiger partial charge in [-0.2, -0.15) is 0 Å². The van der Waals surface area contributed by atoms with Gasteiger partial charge in [0.05, 0.1) is 19.5 Å². The molecule has 0 radical (unpaired) electrons. The van der Waals surface area contributed by atoms with Crippen LogP contribution in [-0.2, 0) is 19.2 Å². The van der Waals surface area contributed by atoms with Crippen LogP contribution in [0.5, 0.6) is 0 Å². The number of primary amides is 2. The Labute approximate surface area is 122 Å². The number of carbonyl (C=O) groups excluding carboxylic acids is 3. The molecule has 3 amide bonds. The lowest BCUT2D eigenvalue weighted by Crippen LogP contribution is -2.45. The summed E-state index contributed by atoms with van der Waals surface area (Å²) in [6.45, 7) is -0.796. The van der Waals surface area contributed by atoms with Crippen molar-refractivity contribution < 1.29 is 24.3 Å². The van der Waals surface area contributed by atoms with Crippen molar-refractivity contribution in [3.63, 3.8) is 0 Å². The SMILES string of the molecule is NC(=O)CN(CC(N)=O)C(=O)CC1(CC(=O)O)CCCC1. The summed E-state index contributed by atoms with van der Waals surface area (Å²) in [5.41, 5.74) is 9.50. The second-order valence-electron chi connectivity index (χ2n) is 5.64. The molecule has 1 aliphatic rings. The van der Waals surface area contributed by atoms with Gasteiger partial charge in [-0.05, 0) is 18.3 Å². The maximum Gasteiger partial charge on any atom is 0.303 e. The van der Waals surface area contributed by atoms with Crippen molar-refractivity contribution in [2.24, 2.45) is 16.9 Å². The van der Waals surface area contributed by atoms with E-state index in [9.17, 15) is 19.2 Å². The topological polar surface area (TPSA) is 144 Å². The number of carboxylic acids is 1. The second kappa shape index (κ2) is 7.05. The smallest absolute Gasteiger partial charge is 0.303 e. The minimum Gasteiger partial charge on any atom is -0.481 e. The van der Waals surface area contributed by atoms with Crippen LogP contribution in [0.25, 0.3) is 0 Å². The summed E-state index contributed by atoms with van der Waals surface area (Å²) in [5.74, 6) is -2.91. The molecule has 5 N–H and O–H groups in total. The highest BCUT2D eigenvalue weighted by Crippen LogP contribution is 2.44. The Morgan fingerprint density at radius 2 is 1.43 bits per heavy atom. The van der Waals surface area contributed by atoms with Gasteiger partial charge in [0.1, 0.15) is 0 Å². The van der Waals surface area contributed by atoms with E-state index in [4.69, 9.17) is 16.6 Å². The maximum absolute atomic E-state index is 12.3. The number of nitrogens with zero attached hydrogens (tertiary/aromatic N) is 1. The van der Waals surface area contributed by atoms with Gasteiger partial charge in [0.25, 0.3) is 0 Å². The quantitative estimate of drug-likeness (QED) is 0.538. The summed E-state index contributed by atoms with van der Waals surface area (Å²) < 4.78 is 0. The highest BCUT2D eigenvalue weighted by molar-refractivity contribution is 5.88. The first-order chi connectivity index (χ1) is 9.74. The molecule has 0 aliphatic heterocycles. The summed E-state index contributed by atoms with van der Waals surface area (Å²) in [4.78, 5) is 46.2. The molecule has 0 unspecified atom stereocenters. The van der Waals surface area contributed by atoms with Crippen LogP contribution in [0.1, 0.15) is 38.5 Å². The number of hydrogen-bond acceptors (Lipinski definition) is 4. The van der Waals surface area contributed by atoms with Crippen LogP contribution in [-0.4, -0.2) is 46.8 Å². The van der Waals surface area contributed by atoms with Crippen LogP contribution in [0.3, 0.4) is 0 Å². The highest BCUT2D eigenvalue weighted by atomic mass is 16.4. The molecule has 118 valence electrons. The largest absolute Gasteiger partial charge is 0.481 e. The zero-order valence-corrected chi connectivity index (χ0v) is 11.8. The number of carboxylic acid groups (broad SMARTS) is 1. The molecular formula is C13H21N3O5. The molecule has 0 aromatic carbocycles. The molecule has 8 heteroatoms. The van der Waals surface area contributed by atoms with Gasteiger partial charge in [-0.15, -0.1) is 0 Å². The Morgan fingerprint density at radius 1 is 0.952 bits per heavy atom. The fourth-order valence-electron chi connectivity index (χ4n) is 2.90. The summed E-state index contributed by atoms with van der Waals surface area (Å²) in [6.07, 6.45) is 2.91. The first kappa shape index (κ1) is 16.9. The Hall–Kier alpha value is -2.12. The zero-order chi connectivity index (χ0) is 16.0. The maximum atomic E-state index is 12.3. The van der Waals surface area contributed by atoms with Crippen LogP contribution in [0, 0.1) is 5.41 Å². The third-order valence-corrected chi connectivity index (χ3v) is 3.76. The Kier molecular flexibility index (Phi) is 5.69. The van der Waals surface area contributed by atoms with Crippen molar-refractivity contribution in [3.8, 4) is 0 Å². The van der Waals surface area contributed by atoms with Crippen molar-refractivity contribution in [2.45, 2.75) is 38.5 Å². The predicted octanol–water partition coefficient (Wildman–Crippen LogP) is -0.789. The highest BCUT2D eigenvalue weighted by Gasteiger charge is 2.39. The van der Waals surface area contributed by atoms with Crippen molar-refractivity contribution >= 4 is 23.7 Å². The van der Waals surface area contributed by atoms with Crippen LogP contribution in [0.15, 0.2) is 0 Å². The number of rotatable bonds is 8. The third kappa shape index (κ3) is 5.41. The molecule has 0 aromatic heterocycles. The Balaban J connectivity index is 2.79. The fraction of sp³-hybridized carbons (Fsp3) is 0.692. The normalized spacial score (nSPS) is 16.4. The molecule has 0 saturated heterocycles. The number of carbonyl (C=O) groups is 4. The lowest BCUT2D eigenvalue weighted by molar-refractivity contribution is -0.144. The summed E-state index contributed by atoms with van der Waals surface area (Å²) in [6, 6.07) is 0. The molecule has 0 atom stereocenters. The van der Waals surface area contributed by atoms with Gasteiger partial charge in [0.2, 0.25) is 17.7 Å². The summed E-state index contributed by atoms with van der Waals surface area (Å²) in [7, 11) is 0. The molecule has 1 saturated carbocycles. The zero-order valence-electron chi connectivity index (χ0n) is 11.8. The van der Waals surface area contributed by atoms with E-state index in [0.717, 1.165) is 17.7 Å². The van der Waals surface area contributed by atoms with Gasteiger partial charge in [-0.1, -0.05) is 12.8 Å². The van der Waals surface area contributed by atoms with Gasteiger partial charge in [-0.3, -0.25) is 19.2 Å². The molecule has 0 aromatic rings. The van der Waals surface area contributed by atoms with Crippen LogP contribution < -0.4 is 11.5 Å². The predicted molar refractivity (Wildman–Crippen MR) is 72.7 cm³/mol. The first-order valence-electron chi connectivity index (χ1n) is 6.80. The van der Waals surface area contributed by atoms with Gasteiger partial charge in [0, 0.05) is 6.42 Å². The standard InChI is InChI=1S/C13H21N3O5/c14-9(17)7-16(8-10(15)18)11(19)5-13(6-12(20)21)3-1-2-4-13/h1-8H2,(H2,14,17)(H2,15,18)(H,20,21). The lowest BCUT2D eigenvalue weighted by atomic mass is 9.79. The van der Waals surface area contributed by atoms with E-state index >= 15 is 0 Å². The molecule has 21 heavy (non-hydrogen) atoms. The average Bonchev–Trinajstić information content (AvgIpc) is 2.74. The van der Waals surface area contributed by atoms with E-state index in [0.29, 0.717) is 12.8 Å². The molecule has 0 heterocycles.